The quantitative estimate of drug-likeness (QED) is 0.197. The molecule has 2 heterocycles. The highest BCUT2D eigenvalue weighted by Crippen LogP contribution is 2.35. The van der Waals surface area contributed by atoms with Crippen LogP contribution >= 0.6 is 11.6 Å². The number of amides is 2. The van der Waals surface area contributed by atoms with Gasteiger partial charge in [-0.25, -0.2) is 0 Å². The van der Waals surface area contributed by atoms with Crippen LogP contribution in [0.5, 0.6) is 5.75 Å². The van der Waals surface area contributed by atoms with E-state index in [0.717, 1.165) is 40.0 Å². The summed E-state index contributed by atoms with van der Waals surface area (Å²) in [6.45, 7) is 13.8. The normalized spacial score (nSPS) is 17.5. The summed E-state index contributed by atoms with van der Waals surface area (Å²) < 4.78 is 6.18. The van der Waals surface area contributed by atoms with E-state index in [1.807, 2.05) is 36.1 Å². The van der Waals surface area contributed by atoms with Gasteiger partial charge in [0.15, 0.2) is 0 Å². The van der Waals surface area contributed by atoms with Gasteiger partial charge in [-0.15, -0.1) is 0 Å². The fourth-order valence-corrected chi connectivity index (χ4v) is 7.08. The molecule has 1 fully saturated rings. The Kier molecular flexibility index (Phi) is 11.7. The van der Waals surface area contributed by atoms with Gasteiger partial charge < -0.3 is 25.0 Å². The maximum Gasteiger partial charge on any atom is 0.309 e. The van der Waals surface area contributed by atoms with Crippen molar-refractivity contribution in [1.29, 1.82) is 0 Å². The molecule has 3 aromatic carbocycles. The number of carboxylic acids is 1. The molecule has 2 aliphatic heterocycles. The zero-order valence-electron chi connectivity index (χ0n) is 30.1. The van der Waals surface area contributed by atoms with Crippen LogP contribution < -0.4 is 10.1 Å². The van der Waals surface area contributed by atoms with Crippen molar-refractivity contribution in [3.05, 3.63) is 105 Å². The summed E-state index contributed by atoms with van der Waals surface area (Å²) in [6, 6.07) is 19.8. The number of ether oxygens (including phenoxy) is 1. The number of benzene rings is 3. The van der Waals surface area contributed by atoms with Gasteiger partial charge in [-0.3, -0.25) is 14.4 Å². The number of aryl methyl sites for hydroxylation is 2. The van der Waals surface area contributed by atoms with Crippen LogP contribution in [0.25, 0.3) is 5.57 Å². The maximum atomic E-state index is 14.6. The first-order chi connectivity index (χ1) is 23.8. The molecular weight excluding hydrogens is 650 g/mol. The second-order valence-electron chi connectivity index (χ2n) is 14.4. The van der Waals surface area contributed by atoms with E-state index in [1.54, 1.807) is 18.7 Å². The Morgan fingerprint density at radius 3 is 2.44 bits per heavy atom. The number of nitrogens with one attached hydrogen (secondary N) is 1. The minimum absolute atomic E-state index is 0.0375. The van der Waals surface area contributed by atoms with Crippen LogP contribution in [0.2, 0.25) is 5.02 Å². The third-order valence-corrected chi connectivity index (χ3v) is 10.6. The molecule has 9 heteroatoms. The topological polar surface area (TPSA) is 99.2 Å². The molecule has 2 amide bonds. The number of piperazine rings is 1. The lowest BCUT2D eigenvalue weighted by atomic mass is 9.82. The first kappa shape index (κ1) is 37.1. The molecule has 0 spiro atoms. The fraction of sp³-hybridized carbons (Fsp3) is 0.439. The van der Waals surface area contributed by atoms with Crippen LogP contribution in [0.15, 0.2) is 66.2 Å². The molecule has 0 saturated carbocycles. The molecule has 0 radical (unpaired) electrons. The number of fused-ring (bicyclic) bond motifs is 2. The number of likely N-dealkylation sites (N-methyl/N-ethyl adjacent to an activating group) is 1. The minimum atomic E-state index is -0.995. The second-order valence-corrected chi connectivity index (χ2v) is 14.8. The lowest BCUT2D eigenvalue weighted by Gasteiger charge is -2.45. The minimum Gasteiger partial charge on any atom is -0.493 e. The first-order valence-electron chi connectivity index (χ1n) is 17.6. The molecule has 50 heavy (non-hydrogen) atoms. The lowest BCUT2D eigenvalue weighted by molar-refractivity contribution is -0.148. The zero-order chi connectivity index (χ0) is 36.2. The molecule has 2 bridgehead atoms. The van der Waals surface area contributed by atoms with Gasteiger partial charge in [0.2, 0.25) is 5.91 Å². The smallest absolute Gasteiger partial charge is 0.309 e. The largest absolute Gasteiger partial charge is 0.493 e. The summed E-state index contributed by atoms with van der Waals surface area (Å²) in [5, 5.41) is 13.8. The lowest BCUT2D eigenvalue weighted by Crippen LogP contribution is -2.62. The number of aliphatic carboxylic acids is 1. The van der Waals surface area contributed by atoms with E-state index < -0.39 is 11.4 Å². The standard InChI is InChI=1S/C41H50ClN3O5/c1-7-44(23-31-10-8-9-11-34(31)42)39(47)38-33(22-32-24-45(25-35(38)43-32)37(46)16-18-41(5,6)40(48)49)30-14-12-29(13-15-30)17-19-50-36-21-26(2)20-27(3)28(36)4/h8-15,20-21,32,35,43H,7,16-19,22-25H2,1-6H3,(H,48,49)/t32-,35-/m1/s1. The Morgan fingerprint density at radius 2 is 1.76 bits per heavy atom. The summed E-state index contributed by atoms with van der Waals surface area (Å²) in [4.78, 5) is 43.3. The summed E-state index contributed by atoms with van der Waals surface area (Å²) >= 11 is 6.51. The molecule has 2 aliphatic rings. The molecule has 0 aliphatic carbocycles. The van der Waals surface area contributed by atoms with Crippen molar-refractivity contribution in [3.63, 3.8) is 0 Å². The van der Waals surface area contributed by atoms with Crippen LogP contribution in [0.4, 0.5) is 0 Å². The van der Waals surface area contributed by atoms with Gasteiger partial charge in [0.05, 0.1) is 18.1 Å². The third-order valence-electron chi connectivity index (χ3n) is 10.2. The predicted molar refractivity (Wildman–Crippen MR) is 198 cm³/mol. The van der Waals surface area contributed by atoms with E-state index >= 15 is 0 Å². The van der Waals surface area contributed by atoms with Crippen LogP contribution in [0.3, 0.4) is 0 Å². The molecule has 266 valence electrons. The second kappa shape index (κ2) is 15.8. The van der Waals surface area contributed by atoms with Crippen LogP contribution in [0.1, 0.15) is 73.4 Å². The highest BCUT2D eigenvalue weighted by Gasteiger charge is 2.41. The number of carbonyl (C=O) groups excluding carboxylic acids is 2. The summed E-state index contributed by atoms with van der Waals surface area (Å²) in [5.74, 6) is -0.168. The predicted octanol–water partition coefficient (Wildman–Crippen LogP) is 7.15. The Hall–Kier alpha value is -4.14. The number of rotatable bonds is 13. The molecule has 5 rings (SSSR count). The van der Waals surface area contributed by atoms with E-state index in [1.165, 1.54) is 11.1 Å². The average Bonchev–Trinajstić information content (AvgIpc) is 3.08. The van der Waals surface area contributed by atoms with Crippen molar-refractivity contribution in [3.8, 4) is 5.75 Å². The molecule has 2 atom stereocenters. The number of nitrogens with zero attached hydrogens (tertiary/aromatic N) is 2. The summed E-state index contributed by atoms with van der Waals surface area (Å²) in [7, 11) is 0. The Bertz CT molecular complexity index is 1770. The molecule has 1 saturated heterocycles. The Labute approximate surface area is 301 Å². The van der Waals surface area contributed by atoms with Crippen LogP contribution in [-0.4, -0.2) is 71.0 Å². The van der Waals surface area contributed by atoms with Crippen molar-refractivity contribution >= 4 is 35.0 Å². The van der Waals surface area contributed by atoms with Gasteiger partial charge in [-0.05, 0) is 105 Å². The van der Waals surface area contributed by atoms with Gasteiger partial charge in [0.25, 0.3) is 5.91 Å². The zero-order valence-corrected chi connectivity index (χ0v) is 30.9. The van der Waals surface area contributed by atoms with E-state index in [2.05, 4.69) is 62.5 Å². The van der Waals surface area contributed by atoms with E-state index in [0.29, 0.717) is 49.8 Å². The van der Waals surface area contributed by atoms with Gasteiger partial charge in [-0.2, -0.15) is 0 Å². The monoisotopic (exact) mass is 699 g/mol. The molecule has 0 unspecified atom stereocenters. The highest BCUT2D eigenvalue weighted by molar-refractivity contribution is 6.31. The van der Waals surface area contributed by atoms with E-state index in [4.69, 9.17) is 16.3 Å². The molecular formula is C41H50ClN3O5. The average molecular weight is 700 g/mol. The van der Waals surface area contributed by atoms with Crippen molar-refractivity contribution in [2.45, 2.75) is 85.9 Å². The van der Waals surface area contributed by atoms with E-state index in [-0.39, 0.29) is 36.7 Å². The first-order valence-corrected chi connectivity index (χ1v) is 18.0. The van der Waals surface area contributed by atoms with Gasteiger partial charge in [-0.1, -0.05) is 60.1 Å². The molecule has 0 aromatic heterocycles. The molecule has 3 aromatic rings. The Balaban J connectivity index is 1.40. The van der Waals surface area contributed by atoms with Crippen LogP contribution in [0, 0.1) is 26.2 Å². The van der Waals surface area contributed by atoms with Crippen molar-refractivity contribution in [2.75, 3.05) is 26.2 Å². The summed E-state index contributed by atoms with van der Waals surface area (Å²) in [5.41, 5.74) is 7.24. The van der Waals surface area contributed by atoms with Crippen molar-refractivity contribution in [1.82, 2.24) is 15.1 Å². The number of halogens is 1. The van der Waals surface area contributed by atoms with E-state index in [9.17, 15) is 19.5 Å². The van der Waals surface area contributed by atoms with Crippen LogP contribution in [-0.2, 0) is 27.3 Å². The van der Waals surface area contributed by atoms with Gasteiger partial charge in [0.1, 0.15) is 5.75 Å². The fourth-order valence-electron chi connectivity index (χ4n) is 6.89. The number of hydrogen-bond acceptors (Lipinski definition) is 5. The number of carbonyl (C=O) groups is 3. The third kappa shape index (κ3) is 8.59. The highest BCUT2D eigenvalue weighted by atomic mass is 35.5. The Morgan fingerprint density at radius 1 is 1.04 bits per heavy atom. The number of hydrogen-bond donors (Lipinski definition) is 2. The van der Waals surface area contributed by atoms with Crippen molar-refractivity contribution < 1.29 is 24.2 Å². The van der Waals surface area contributed by atoms with Gasteiger partial charge in [0, 0.05) is 55.7 Å². The van der Waals surface area contributed by atoms with Crippen molar-refractivity contribution in [2.24, 2.45) is 5.41 Å². The molecule has 2 N–H and O–H groups in total. The summed E-state index contributed by atoms with van der Waals surface area (Å²) in [6.07, 6.45) is 1.72. The number of carboxylic acid groups (broad SMARTS) is 1. The van der Waals surface area contributed by atoms with Gasteiger partial charge >= 0.3 is 5.97 Å². The maximum absolute atomic E-state index is 14.6. The SMILES string of the molecule is CCN(Cc1ccccc1Cl)C(=O)C1=C(c2ccc(CCOc3cc(C)cc(C)c3C)cc2)C[C@@H]2CN(C(=O)CCC(C)(C)C(=O)O)C[C@H]1N2. The molecule has 8 nitrogen and oxygen atoms in total.